The van der Waals surface area contributed by atoms with Crippen molar-refractivity contribution in [3.8, 4) is 0 Å². The van der Waals surface area contributed by atoms with Gasteiger partial charge >= 0.3 is 8.60 Å². The Balaban J connectivity index is 3.49. The van der Waals surface area contributed by atoms with Crippen LogP contribution in [-0.4, -0.2) is 41.6 Å². The normalized spacial score (nSPS) is 13.9. The molecule has 0 aliphatic carbocycles. The van der Waals surface area contributed by atoms with E-state index in [0.717, 1.165) is 0 Å². The van der Waals surface area contributed by atoms with E-state index in [1.165, 1.54) is 12.2 Å². The number of hydroxylamine groups is 2. The van der Waals surface area contributed by atoms with Crippen LogP contribution in [0.25, 0.3) is 0 Å². The molecule has 0 aliphatic rings. The third kappa shape index (κ3) is 5.88. The third-order valence-electron chi connectivity index (χ3n) is 0.895. The monoisotopic (exact) mass is 201 g/mol. The fraction of sp³-hybridized carbons (Fsp3) is 1.00. The first kappa shape index (κ1) is 11.7. The van der Waals surface area contributed by atoms with Crippen LogP contribution in [0.5, 0.6) is 0 Å². The Bertz CT molecular complexity index is 96.2. The highest BCUT2D eigenvalue weighted by Gasteiger charge is 2.09. The quantitative estimate of drug-likeness (QED) is 0.464. The first-order valence-electron chi connectivity index (χ1n) is 3.01. The molecule has 0 spiro atoms. The highest BCUT2D eigenvalue weighted by atomic mass is 31.2. The summed E-state index contributed by atoms with van der Waals surface area (Å²) in [6.45, 7) is 0.341. The zero-order valence-electron chi connectivity index (χ0n) is 6.30. The minimum Gasteiger partial charge on any atom is -0.395 e. The Kier molecular flexibility index (Phi) is 7.76. The molecule has 2 unspecified atom stereocenters. The van der Waals surface area contributed by atoms with Crippen molar-refractivity contribution in [1.29, 1.82) is 0 Å². The zero-order valence-corrected chi connectivity index (χ0v) is 8.35. The maximum atomic E-state index is 8.87. The summed E-state index contributed by atoms with van der Waals surface area (Å²) in [5.74, 6) is 0. The van der Waals surface area contributed by atoms with E-state index in [0.29, 0.717) is 12.8 Å². The van der Waals surface area contributed by atoms with Crippen molar-refractivity contribution >= 4 is 17.8 Å². The van der Waals surface area contributed by atoms with Gasteiger partial charge in [-0.15, -0.1) is 9.24 Å². The van der Waals surface area contributed by atoms with Gasteiger partial charge in [0.15, 0.2) is 0 Å². The molecule has 68 valence electrons. The molecular formula is C4H13NO4P2. The van der Waals surface area contributed by atoms with Crippen molar-refractivity contribution in [2.45, 2.75) is 0 Å². The smallest absolute Gasteiger partial charge is 0.347 e. The van der Waals surface area contributed by atoms with Gasteiger partial charge < -0.3 is 14.5 Å². The maximum absolute atomic E-state index is 8.87. The van der Waals surface area contributed by atoms with Crippen molar-refractivity contribution in [1.82, 2.24) is 5.06 Å². The second kappa shape index (κ2) is 7.32. The van der Waals surface area contributed by atoms with Crippen LogP contribution in [0.4, 0.5) is 0 Å². The standard InChI is InChI=1S/C4H13NO4P2/c1-8-11(7)9-5(4-10)2-3-6/h6-7H,2-4,10H2,1H3. The van der Waals surface area contributed by atoms with Crippen LogP contribution >= 0.6 is 17.8 Å². The van der Waals surface area contributed by atoms with E-state index >= 15 is 0 Å². The molecule has 2 N–H and O–H groups in total. The van der Waals surface area contributed by atoms with Gasteiger partial charge in [-0.25, -0.2) is 4.62 Å². The Labute approximate surface area is 69.5 Å². The van der Waals surface area contributed by atoms with E-state index in [-0.39, 0.29) is 6.61 Å². The molecule has 0 amide bonds. The number of hydrogen-bond donors (Lipinski definition) is 2. The molecule has 0 fully saturated rings. The van der Waals surface area contributed by atoms with E-state index in [4.69, 9.17) is 14.6 Å². The maximum Gasteiger partial charge on any atom is 0.347 e. The van der Waals surface area contributed by atoms with Crippen molar-refractivity contribution in [2.75, 3.05) is 26.5 Å². The molecule has 0 radical (unpaired) electrons. The minimum absolute atomic E-state index is 0.0126. The number of aliphatic hydroxyl groups is 1. The van der Waals surface area contributed by atoms with Crippen molar-refractivity contribution < 1.29 is 19.1 Å². The molecule has 0 aromatic carbocycles. The lowest BCUT2D eigenvalue weighted by Crippen LogP contribution is -2.23. The van der Waals surface area contributed by atoms with Gasteiger partial charge in [0.05, 0.1) is 6.61 Å². The third-order valence-corrected chi connectivity index (χ3v) is 1.98. The summed E-state index contributed by atoms with van der Waals surface area (Å²) >= 11 is 0. The van der Waals surface area contributed by atoms with Gasteiger partial charge in [0.25, 0.3) is 0 Å². The minimum atomic E-state index is -1.83. The summed E-state index contributed by atoms with van der Waals surface area (Å²) in [6, 6.07) is 0. The Morgan fingerprint density at radius 1 is 1.64 bits per heavy atom. The summed E-state index contributed by atoms with van der Waals surface area (Å²) in [5, 5.41) is 9.91. The lowest BCUT2D eigenvalue weighted by atomic mass is 10.7. The molecule has 0 saturated carbocycles. The highest BCUT2D eigenvalue weighted by molar-refractivity contribution is 7.40. The second-order valence-electron chi connectivity index (χ2n) is 1.61. The van der Waals surface area contributed by atoms with Crippen LogP contribution in [0.15, 0.2) is 0 Å². The number of rotatable bonds is 6. The van der Waals surface area contributed by atoms with Gasteiger partial charge in [0.1, 0.15) is 0 Å². The van der Waals surface area contributed by atoms with Crippen molar-refractivity contribution in [3.63, 3.8) is 0 Å². The molecule has 7 heteroatoms. The summed E-state index contributed by atoms with van der Waals surface area (Å²) in [5.41, 5.74) is 0. The fourth-order valence-electron chi connectivity index (χ4n) is 0.409. The highest BCUT2D eigenvalue weighted by Crippen LogP contribution is 2.32. The average molecular weight is 201 g/mol. The van der Waals surface area contributed by atoms with E-state index in [2.05, 4.69) is 13.8 Å². The SMILES string of the molecule is COP(O)ON(CP)CCO. The Hall–Kier alpha value is 0.660. The molecule has 0 rings (SSSR count). The zero-order chi connectivity index (χ0) is 8.69. The van der Waals surface area contributed by atoms with Crippen LogP contribution < -0.4 is 0 Å². The predicted molar refractivity (Wildman–Crippen MR) is 45.6 cm³/mol. The van der Waals surface area contributed by atoms with Gasteiger partial charge in [0.2, 0.25) is 0 Å². The van der Waals surface area contributed by atoms with Gasteiger partial charge in [-0.2, -0.15) is 5.06 Å². The van der Waals surface area contributed by atoms with Crippen LogP contribution in [0.2, 0.25) is 0 Å². The van der Waals surface area contributed by atoms with Crippen LogP contribution in [0, 0.1) is 0 Å². The molecule has 0 aromatic rings. The van der Waals surface area contributed by atoms with E-state index < -0.39 is 8.60 Å². The van der Waals surface area contributed by atoms with E-state index in [1.807, 2.05) is 0 Å². The van der Waals surface area contributed by atoms with Crippen molar-refractivity contribution in [2.24, 2.45) is 0 Å². The van der Waals surface area contributed by atoms with Crippen molar-refractivity contribution in [3.05, 3.63) is 0 Å². The number of hydrogen-bond acceptors (Lipinski definition) is 5. The number of nitrogens with zero attached hydrogens (tertiary/aromatic N) is 1. The molecule has 0 aliphatic heterocycles. The molecule has 5 nitrogen and oxygen atoms in total. The molecular weight excluding hydrogens is 188 g/mol. The van der Waals surface area contributed by atoms with Gasteiger partial charge in [-0.05, 0) is 0 Å². The topological polar surface area (TPSA) is 62.2 Å². The largest absolute Gasteiger partial charge is 0.395 e. The van der Waals surface area contributed by atoms with Crippen LogP contribution in [0.3, 0.4) is 0 Å². The Morgan fingerprint density at radius 3 is 2.64 bits per heavy atom. The van der Waals surface area contributed by atoms with Gasteiger partial charge in [0, 0.05) is 19.9 Å². The summed E-state index contributed by atoms with van der Waals surface area (Å²) in [6.07, 6.45) is 0.517. The molecule has 0 heterocycles. The molecule has 0 aromatic heterocycles. The van der Waals surface area contributed by atoms with E-state index in [1.54, 1.807) is 0 Å². The molecule has 0 saturated heterocycles. The first-order chi connectivity index (χ1) is 5.24. The Morgan fingerprint density at radius 2 is 2.27 bits per heavy atom. The van der Waals surface area contributed by atoms with Crippen LogP contribution in [-0.2, 0) is 9.15 Å². The number of aliphatic hydroxyl groups excluding tert-OH is 1. The van der Waals surface area contributed by atoms with E-state index in [9.17, 15) is 0 Å². The fourth-order valence-corrected chi connectivity index (χ4v) is 1.20. The summed E-state index contributed by atoms with van der Waals surface area (Å²) in [4.78, 5) is 8.87. The second-order valence-corrected chi connectivity index (χ2v) is 2.98. The van der Waals surface area contributed by atoms with Gasteiger partial charge in [-0.3, -0.25) is 0 Å². The predicted octanol–water partition coefficient (Wildman–Crippen LogP) is -0.0895. The van der Waals surface area contributed by atoms with Gasteiger partial charge in [-0.1, -0.05) is 0 Å². The molecule has 0 bridgehead atoms. The lowest BCUT2D eigenvalue weighted by molar-refractivity contribution is -0.0607. The summed E-state index contributed by atoms with van der Waals surface area (Å²) in [7, 11) is 1.93. The summed E-state index contributed by atoms with van der Waals surface area (Å²) < 4.78 is 9.33. The lowest BCUT2D eigenvalue weighted by Gasteiger charge is -2.19. The molecule has 2 atom stereocenters. The average Bonchev–Trinajstić information content (AvgIpc) is 2.03. The van der Waals surface area contributed by atoms with Crippen LogP contribution in [0.1, 0.15) is 0 Å². The first-order valence-corrected chi connectivity index (χ1v) is 4.96. The molecule has 11 heavy (non-hydrogen) atoms.